The normalized spacial score (nSPS) is 20.3. The van der Waals surface area contributed by atoms with Crippen LogP contribution in [-0.2, 0) is 10.2 Å². The van der Waals surface area contributed by atoms with Gasteiger partial charge in [0.1, 0.15) is 5.41 Å². The van der Waals surface area contributed by atoms with E-state index < -0.39 is 5.41 Å². The molecule has 2 aromatic rings. The Morgan fingerprint density at radius 2 is 1.52 bits per heavy atom. The van der Waals surface area contributed by atoms with Gasteiger partial charge in [-0.2, -0.15) is 0 Å². The lowest BCUT2D eigenvalue weighted by Crippen LogP contribution is -2.44. The van der Waals surface area contributed by atoms with Crippen LogP contribution < -0.4 is 0 Å². The monoisotopic (exact) mass is 309 g/mol. The van der Waals surface area contributed by atoms with E-state index in [1.807, 2.05) is 79.4 Å². The number of hydrogen-bond acceptors (Lipinski definition) is 2. The lowest BCUT2D eigenvalue weighted by Gasteiger charge is -2.33. The molecule has 23 heavy (non-hydrogen) atoms. The van der Waals surface area contributed by atoms with Gasteiger partial charge in [-0.25, -0.2) is 0 Å². The summed E-state index contributed by atoms with van der Waals surface area (Å²) in [5, 5.41) is 10.1. The van der Waals surface area contributed by atoms with Crippen molar-refractivity contribution in [3.8, 4) is 0 Å². The molecular formula is C20H23NO2. The Labute approximate surface area is 137 Å². The van der Waals surface area contributed by atoms with Crippen LogP contribution >= 0.6 is 0 Å². The van der Waals surface area contributed by atoms with Gasteiger partial charge in [-0.05, 0) is 25.0 Å². The van der Waals surface area contributed by atoms with Gasteiger partial charge in [-0.15, -0.1) is 0 Å². The van der Waals surface area contributed by atoms with Crippen LogP contribution in [0.2, 0.25) is 0 Å². The van der Waals surface area contributed by atoms with Gasteiger partial charge in [0.15, 0.2) is 0 Å². The SMILES string of the molecule is CC(C)N1C[C@@H](CO)C(c2ccccc2)(c2ccccc2)C1=O. The third-order valence-electron chi connectivity index (χ3n) is 4.93. The molecule has 2 aromatic carbocycles. The summed E-state index contributed by atoms with van der Waals surface area (Å²) in [6, 6.07) is 19.8. The van der Waals surface area contributed by atoms with Crippen LogP contribution in [0.5, 0.6) is 0 Å². The molecule has 1 N–H and O–H groups in total. The first-order chi connectivity index (χ1) is 11.1. The number of aliphatic hydroxyl groups is 1. The summed E-state index contributed by atoms with van der Waals surface area (Å²) in [6.07, 6.45) is 0. The smallest absolute Gasteiger partial charge is 0.238 e. The number of amides is 1. The molecule has 0 aliphatic carbocycles. The van der Waals surface area contributed by atoms with E-state index in [0.29, 0.717) is 6.54 Å². The van der Waals surface area contributed by atoms with E-state index in [-0.39, 0.29) is 24.5 Å². The Balaban J connectivity index is 2.26. The Kier molecular flexibility index (Phi) is 4.22. The first-order valence-electron chi connectivity index (χ1n) is 8.15. The molecule has 3 rings (SSSR count). The van der Waals surface area contributed by atoms with Crippen molar-refractivity contribution in [3.63, 3.8) is 0 Å². The number of benzene rings is 2. The Morgan fingerprint density at radius 1 is 1.04 bits per heavy atom. The number of carbonyl (C=O) groups excluding carboxylic acids is 1. The Hall–Kier alpha value is -2.13. The van der Waals surface area contributed by atoms with Crippen molar-refractivity contribution in [1.82, 2.24) is 4.90 Å². The molecule has 1 atom stereocenters. The highest BCUT2D eigenvalue weighted by molar-refractivity contribution is 5.95. The molecular weight excluding hydrogens is 286 g/mol. The summed E-state index contributed by atoms with van der Waals surface area (Å²) in [7, 11) is 0. The van der Waals surface area contributed by atoms with Crippen molar-refractivity contribution in [3.05, 3.63) is 71.8 Å². The van der Waals surface area contributed by atoms with Crippen LogP contribution in [0.4, 0.5) is 0 Å². The topological polar surface area (TPSA) is 40.5 Å². The summed E-state index contributed by atoms with van der Waals surface area (Å²) < 4.78 is 0. The molecule has 1 aliphatic heterocycles. The minimum Gasteiger partial charge on any atom is -0.396 e. The minimum atomic E-state index is -0.804. The molecule has 3 nitrogen and oxygen atoms in total. The van der Waals surface area contributed by atoms with Crippen LogP contribution in [0.25, 0.3) is 0 Å². The lowest BCUT2D eigenvalue weighted by molar-refractivity contribution is -0.133. The number of rotatable bonds is 4. The number of carbonyl (C=O) groups is 1. The molecule has 0 bridgehead atoms. The van der Waals surface area contributed by atoms with E-state index in [1.54, 1.807) is 0 Å². The maximum atomic E-state index is 13.5. The van der Waals surface area contributed by atoms with Crippen molar-refractivity contribution >= 4 is 5.91 Å². The van der Waals surface area contributed by atoms with Crippen LogP contribution in [0.1, 0.15) is 25.0 Å². The summed E-state index contributed by atoms with van der Waals surface area (Å²) in [5.74, 6) is -0.0637. The quantitative estimate of drug-likeness (QED) is 0.943. The average Bonchev–Trinajstić information content (AvgIpc) is 2.90. The fourth-order valence-electron chi connectivity index (χ4n) is 3.79. The Morgan fingerprint density at radius 3 is 1.91 bits per heavy atom. The average molecular weight is 309 g/mol. The maximum absolute atomic E-state index is 13.5. The number of likely N-dealkylation sites (tertiary alicyclic amines) is 1. The molecule has 120 valence electrons. The summed E-state index contributed by atoms with van der Waals surface area (Å²) >= 11 is 0. The number of nitrogens with zero attached hydrogens (tertiary/aromatic N) is 1. The molecule has 0 radical (unpaired) electrons. The zero-order chi connectivity index (χ0) is 16.4. The molecule has 1 amide bonds. The second-order valence-corrected chi connectivity index (χ2v) is 6.47. The van der Waals surface area contributed by atoms with Crippen molar-refractivity contribution in [1.29, 1.82) is 0 Å². The van der Waals surface area contributed by atoms with Crippen LogP contribution in [0.15, 0.2) is 60.7 Å². The molecule has 1 aliphatic rings. The van der Waals surface area contributed by atoms with E-state index in [1.165, 1.54) is 0 Å². The highest BCUT2D eigenvalue weighted by atomic mass is 16.3. The highest BCUT2D eigenvalue weighted by Gasteiger charge is 2.56. The van der Waals surface area contributed by atoms with Gasteiger partial charge in [0.2, 0.25) is 5.91 Å². The zero-order valence-electron chi connectivity index (χ0n) is 13.6. The van der Waals surface area contributed by atoms with E-state index >= 15 is 0 Å². The number of aliphatic hydroxyl groups excluding tert-OH is 1. The highest BCUT2D eigenvalue weighted by Crippen LogP contribution is 2.46. The molecule has 0 unspecified atom stereocenters. The fourth-order valence-corrected chi connectivity index (χ4v) is 3.79. The van der Waals surface area contributed by atoms with Crippen LogP contribution in [-0.4, -0.2) is 35.1 Å². The van der Waals surface area contributed by atoms with Gasteiger partial charge in [0.05, 0.1) is 0 Å². The second-order valence-electron chi connectivity index (χ2n) is 6.47. The van der Waals surface area contributed by atoms with Crippen LogP contribution in [0.3, 0.4) is 0 Å². The summed E-state index contributed by atoms with van der Waals surface area (Å²) in [5.41, 5.74) is 1.11. The van der Waals surface area contributed by atoms with Crippen molar-refractivity contribution in [2.24, 2.45) is 5.92 Å². The van der Waals surface area contributed by atoms with Gasteiger partial charge in [-0.3, -0.25) is 4.79 Å². The van der Waals surface area contributed by atoms with Gasteiger partial charge >= 0.3 is 0 Å². The predicted molar refractivity (Wildman–Crippen MR) is 91.1 cm³/mol. The fraction of sp³-hybridized carbons (Fsp3) is 0.350. The minimum absolute atomic E-state index is 0.0151. The van der Waals surface area contributed by atoms with E-state index in [4.69, 9.17) is 0 Å². The number of hydrogen-bond donors (Lipinski definition) is 1. The third kappa shape index (κ3) is 2.36. The molecule has 0 aromatic heterocycles. The Bertz CT molecular complexity index is 627. The third-order valence-corrected chi connectivity index (χ3v) is 4.93. The van der Waals surface area contributed by atoms with Crippen molar-refractivity contribution in [2.75, 3.05) is 13.2 Å². The lowest BCUT2D eigenvalue weighted by atomic mass is 9.67. The molecule has 1 fully saturated rings. The van der Waals surface area contributed by atoms with Gasteiger partial charge in [-0.1, -0.05) is 60.7 Å². The van der Waals surface area contributed by atoms with Gasteiger partial charge in [0.25, 0.3) is 0 Å². The molecule has 1 heterocycles. The first kappa shape index (κ1) is 15.8. The summed E-state index contributed by atoms with van der Waals surface area (Å²) in [4.78, 5) is 15.3. The van der Waals surface area contributed by atoms with E-state index in [2.05, 4.69) is 0 Å². The van der Waals surface area contributed by atoms with Crippen LogP contribution in [0, 0.1) is 5.92 Å². The second kappa shape index (κ2) is 6.17. The molecule has 0 spiro atoms. The van der Waals surface area contributed by atoms with Crippen molar-refractivity contribution < 1.29 is 9.90 Å². The largest absolute Gasteiger partial charge is 0.396 e. The van der Waals surface area contributed by atoms with E-state index in [9.17, 15) is 9.90 Å². The summed E-state index contributed by atoms with van der Waals surface area (Å²) in [6.45, 7) is 4.62. The molecule has 0 saturated carbocycles. The maximum Gasteiger partial charge on any atom is 0.238 e. The standard InChI is InChI=1S/C20H23NO2/c1-15(2)21-13-18(14-22)20(19(21)23,16-9-5-3-6-10-16)17-11-7-4-8-12-17/h3-12,15,18,22H,13-14H2,1-2H3/t18-/m0/s1. The van der Waals surface area contributed by atoms with Gasteiger partial charge < -0.3 is 10.0 Å². The first-order valence-corrected chi connectivity index (χ1v) is 8.15. The predicted octanol–water partition coefficient (Wildman–Crippen LogP) is 2.83. The van der Waals surface area contributed by atoms with Gasteiger partial charge in [0, 0.05) is 25.1 Å². The van der Waals surface area contributed by atoms with Crippen molar-refractivity contribution in [2.45, 2.75) is 25.3 Å². The zero-order valence-corrected chi connectivity index (χ0v) is 13.6. The molecule has 1 saturated heterocycles. The van der Waals surface area contributed by atoms with E-state index in [0.717, 1.165) is 11.1 Å². The molecule has 3 heteroatoms.